The minimum atomic E-state index is -1.42. The van der Waals surface area contributed by atoms with Crippen molar-refractivity contribution in [2.75, 3.05) is 0 Å². The molecule has 0 amide bonds. The lowest BCUT2D eigenvalue weighted by atomic mass is 10.4. The lowest BCUT2D eigenvalue weighted by molar-refractivity contribution is 0.850. The maximum atomic E-state index is 5.66. The first kappa shape index (κ1) is 11.6. The molecule has 0 aromatic heterocycles. The Morgan fingerprint density at radius 3 is 2.10 bits per heavy atom. The molecule has 1 unspecified atom stereocenters. The average Bonchev–Trinajstić information content (AvgIpc) is 1.82. The van der Waals surface area contributed by atoms with Gasteiger partial charge in [-0.3, -0.25) is 0 Å². The third-order valence-corrected chi connectivity index (χ3v) is 6.30. The van der Waals surface area contributed by atoms with Gasteiger partial charge in [0.25, 0.3) is 0 Å². The van der Waals surface area contributed by atoms with Crippen LogP contribution in [0, 0.1) is 0 Å². The zero-order valence-corrected chi connectivity index (χ0v) is 11.8. The summed E-state index contributed by atoms with van der Waals surface area (Å²) in [4.78, 5) is -0.229. The first-order chi connectivity index (χ1) is 4.54. The lowest BCUT2D eigenvalue weighted by Gasteiger charge is -2.10. The van der Waals surface area contributed by atoms with Gasteiger partial charge >= 0.3 is 0 Å². The second-order valence-corrected chi connectivity index (χ2v) is 10.1. The first-order valence-electron chi connectivity index (χ1n) is 3.10. The standard InChI is InChI=1S/C4H10Cl4Si2/c5-4(6)3(9)1-2-10(7)8/h3-4,10H,1-2H2,9H3. The molecular formula is C4H10Cl4Si2. The SMILES string of the molecule is [SiH3]C(CC[SiH](Cl)Cl)C(Cl)Cl. The summed E-state index contributed by atoms with van der Waals surface area (Å²) in [6.07, 6.45) is 0.994. The molecule has 10 heavy (non-hydrogen) atoms. The van der Waals surface area contributed by atoms with Crippen LogP contribution in [-0.2, 0) is 0 Å². The fraction of sp³-hybridized carbons (Fsp3) is 1.00. The molecule has 0 fully saturated rings. The van der Waals surface area contributed by atoms with Gasteiger partial charge in [-0.15, -0.1) is 23.2 Å². The van der Waals surface area contributed by atoms with Gasteiger partial charge in [0.2, 0.25) is 7.42 Å². The Kier molecular flexibility index (Phi) is 7.13. The van der Waals surface area contributed by atoms with Gasteiger partial charge in [0.05, 0.1) is 0 Å². The molecule has 1 atom stereocenters. The van der Waals surface area contributed by atoms with E-state index >= 15 is 0 Å². The summed E-state index contributed by atoms with van der Waals surface area (Å²) in [6.45, 7) is 0. The quantitative estimate of drug-likeness (QED) is 0.410. The van der Waals surface area contributed by atoms with Crippen LogP contribution in [0.1, 0.15) is 6.42 Å². The van der Waals surface area contributed by atoms with E-state index in [-0.39, 0.29) is 4.84 Å². The van der Waals surface area contributed by atoms with Crippen molar-refractivity contribution >= 4 is 63.0 Å². The predicted molar refractivity (Wildman–Crippen MR) is 57.5 cm³/mol. The molecule has 0 aliphatic carbocycles. The Bertz CT molecular complexity index is 87.3. The summed E-state index contributed by atoms with van der Waals surface area (Å²) < 4.78 is 0. The maximum absolute atomic E-state index is 5.66. The van der Waals surface area contributed by atoms with Crippen molar-refractivity contribution < 1.29 is 0 Å². The van der Waals surface area contributed by atoms with Gasteiger partial charge in [0.15, 0.2) is 0 Å². The van der Waals surface area contributed by atoms with Crippen molar-refractivity contribution in [2.45, 2.75) is 22.8 Å². The van der Waals surface area contributed by atoms with E-state index in [1.165, 1.54) is 0 Å². The van der Waals surface area contributed by atoms with E-state index in [1.54, 1.807) is 0 Å². The third-order valence-electron chi connectivity index (χ3n) is 1.27. The summed E-state index contributed by atoms with van der Waals surface area (Å²) >= 11 is 22.6. The van der Waals surface area contributed by atoms with E-state index in [4.69, 9.17) is 45.4 Å². The molecule has 0 aliphatic rings. The van der Waals surface area contributed by atoms with Gasteiger partial charge in [-0.2, -0.15) is 22.2 Å². The molecule has 0 radical (unpaired) electrons. The summed E-state index contributed by atoms with van der Waals surface area (Å²) in [7, 11) is -0.398. The first-order valence-corrected chi connectivity index (χ1v) is 9.44. The maximum Gasteiger partial charge on any atom is 0.237 e. The van der Waals surface area contributed by atoms with Crippen LogP contribution in [0.3, 0.4) is 0 Å². The Labute approximate surface area is 85.6 Å². The summed E-state index contributed by atoms with van der Waals surface area (Å²) in [5.74, 6) is 0. The number of alkyl halides is 2. The second-order valence-electron chi connectivity index (χ2n) is 2.28. The van der Waals surface area contributed by atoms with Crippen molar-refractivity contribution in [1.82, 2.24) is 0 Å². The molecule has 0 aromatic carbocycles. The van der Waals surface area contributed by atoms with Crippen molar-refractivity contribution in [3.63, 3.8) is 0 Å². The van der Waals surface area contributed by atoms with Crippen LogP contribution < -0.4 is 0 Å². The van der Waals surface area contributed by atoms with Crippen molar-refractivity contribution in [3.8, 4) is 0 Å². The predicted octanol–water partition coefficient (Wildman–Crippen LogP) is 2.03. The molecule has 0 N–H and O–H groups in total. The highest BCUT2D eigenvalue weighted by molar-refractivity contribution is 7.33. The number of halogens is 4. The fourth-order valence-corrected chi connectivity index (χ4v) is 3.30. The van der Waals surface area contributed by atoms with Crippen LogP contribution in [0.2, 0.25) is 11.6 Å². The Balaban J connectivity index is 3.30. The Morgan fingerprint density at radius 2 is 1.80 bits per heavy atom. The third kappa shape index (κ3) is 6.31. The molecule has 0 spiro atoms. The molecule has 0 aromatic rings. The van der Waals surface area contributed by atoms with Gasteiger partial charge < -0.3 is 0 Å². The highest BCUT2D eigenvalue weighted by Gasteiger charge is 2.12. The molecule has 0 bridgehead atoms. The summed E-state index contributed by atoms with van der Waals surface area (Å²) in [6, 6.07) is 0.924. The lowest BCUT2D eigenvalue weighted by Crippen LogP contribution is -2.04. The number of hydrogen-bond donors (Lipinski definition) is 0. The minimum absolute atomic E-state index is 0.229. The highest BCUT2D eigenvalue weighted by Crippen LogP contribution is 2.24. The van der Waals surface area contributed by atoms with Crippen LogP contribution in [0.15, 0.2) is 0 Å². The molecule has 0 saturated heterocycles. The molecule has 0 heterocycles. The largest absolute Gasteiger partial charge is 0.237 e. The Hall–Kier alpha value is 1.59. The highest BCUT2D eigenvalue weighted by atomic mass is 35.7. The van der Waals surface area contributed by atoms with E-state index in [9.17, 15) is 0 Å². The molecule has 0 rings (SSSR count). The van der Waals surface area contributed by atoms with Crippen molar-refractivity contribution in [2.24, 2.45) is 0 Å². The van der Waals surface area contributed by atoms with E-state index < -0.39 is 7.42 Å². The van der Waals surface area contributed by atoms with Crippen LogP contribution >= 0.6 is 45.4 Å². The van der Waals surface area contributed by atoms with Crippen LogP contribution in [0.4, 0.5) is 0 Å². The molecule has 0 nitrogen and oxygen atoms in total. The van der Waals surface area contributed by atoms with Gasteiger partial charge in [0.1, 0.15) is 4.84 Å². The van der Waals surface area contributed by atoms with Gasteiger partial charge in [-0.1, -0.05) is 6.42 Å². The van der Waals surface area contributed by atoms with E-state index in [1.807, 2.05) is 0 Å². The minimum Gasteiger partial charge on any atom is -0.150 e. The van der Waals surface area contributed by atoms with Crippen LogP contribution in [0.25, 0.3) is 0 Å². The zero-order chi connectivity index (χ0) is 8.15. The number of hydrogen-bond acceptors (Lipinski definition) is 0. The summed E-state index contributed by atoms with van der Waals surface area (Å²) in [5, 5.41) is 0. The number of rotatable bonds is 4. The summed E-state index contributed by atoms with van der Waals surface area (Å²) in [5.41, 5.74) is 0.441. The van der Waals surface area contributed by atoms with E-state index in [0.717, 1.165) is 22.7 Å². The van der Waals surface area contributed by atoms with Crippen LogP contribution in [-0.4, -0.2) is 22.5 Å². The van der Waals surface area contributed by atoms with Crippen LogP contribution in [0.5, 0.6) is 0 Å². The van der Waals surface area contributed by atoms with E-state index in [2.05, 4.69) is 0 Å². The average molecular weight is 256 g/mol. The molecular weight excluding hydrogens is 246 g/mol. The topological polar surface area (TPSA) is 0 Å². The monoisotopic (exact) mass is 254 g/mol. The second kappa shape index (κ2) is 6.15. The molecule has 6 heteroatoms. The van der Waals surface area contributed by atoms with Crippen molar-refractivity contribution in [3.05, 3.63) is 0 Å². The molecule has 62 valence electrons. The van der Waals surface area contributed by atoms with Gasteiger partial charge in [-0.25, -0.2) is 0 Å². The zero-order valence-electron chi connectivity index (χ0n) is 5.66. The normalized spacial score (nSPS) is 15.0. The Morgan fingerprint density at radius 1 is 1.30 bits per heavy atom. The molecule has 0 aliphatic heterocycles. The van der Waals surface area contributed by atoms with Gasteiger partial charge in [0, 0.05) is 10.2 Å². The van der Waals surface area contributed by atoms with Crippen molar-refractivity contribution in [1.29, 1.82) is 0 Å². The fourth-order valence-electron chi connectivity index (χ4n) is 0.515. The van der Waals surface area contributed by atoms with Gasteiger partial charge in [-0.05, 0) is 11.6 Å². The van der Waals surface area contributed by atoms with E-state index in [0.29, 0.717) is 5.54 Å². The smallest absolute Gasteiger partial charge is 0.150 e. The molecule has 0 saturated carbocycles.